The lowest BCUT2D eigenvalue weighted by Crippen LogP contribution is -2.38. The van der Waals surface area contributed by atoms with Gasteiger partial charge >= 0.3 is 0 Å². The number of hydrogen-bond donors (Lipinski definition) is 3. The van der Waals surface area contributed by atoms with E-state index in [2.05, 4.69) is 107 Å². The Hall–Kier alpha value is -3.37. The van der Waals surface area contributed by atoms with Crippen LogP contribution in [0.5, 0.6) is 0 Å². The van der Waals surface area contributed by atoms with Crippen molar-refractivity contribution in [1.82, 2.24) is 10.2 Å². The highest BCUT2D eigenvalue weighted by atomic mass is 15.2. The lowest BCUT2D eigenvalue weighted by atomic mass is 9.77. The van der Waals surface area contributed by atoms with Gasteiger partial charge < -0.3 is 11.1 Å². The summed E-state index contributed by atoms with van der Waals surface area (Å²) in [6, 6.07) is 31.8. The predicted molar refractivity (Wildman–Crippen MR) is 123 cm³/mol. The van der Waals surface area contributed by atoms with Crippen molar-refractivity contribution < 1.29 is 0 Å². The quantitative estimate of drug-likeness (QED) is 0.272. The maximum absolute atomic E-state index is 5.70. The van der Waals surface area contributed by atoms with Gasteiger partial charge in [-0.1, -0.05) is 91.0 Å². The standard InChI is InChI=1S/C26H28N4/c27-19-11-10-12-21-20-28-30-25(21)29-26(22-13-4-1-5-14-22,23-15-6-2-7-16-23)24-17-8-3-9-18-24/h1-9,13-18,20H,10-12,19,27H2,(H2,28,29,30). The van der Waals surface area contributed by atoms with Gasteiger partial charge in [0, 0.05) is 5.56 Å². The Morgan fingerprint density at radius 2 is 1.23 bits per heavy atom. The number of rotatable bonds is 9. The number of nitrogens with zero attached hydrogens (tertiary/aromatic N) is 1. The van der Waals surface area contributed by atoms with E-state index in [9.17, 15) is 0 Å². The van der Waals surface area contributed by atoms with E-state index in [1.165, 1.54) is 22.3 Å². The Bertz CT molecular complexity index is 930. The van der Waals surface area contributed by atoms with Gasteiger partial charge in [-0.2, -0.15) is 5.10 Å². The third-order valence-electron chi connectivity index (χ3n) is 5.55. The van der Waals surface area contributed by atoms with Gasteiger partial charge in [0.2, 0.25) is 0 Å². The fourth-order valence-corrected chi connectivity index (χ4v) is 4.04. The first-order valence-corrected chi connectivity index (χ1v) is 10.5. The third kappa shape index (κ3) is 4.00. The maximum atomic E-state index is 5.70. The van der Waals surface area contributed by atoms with E-state index >= 15 is 0 Å². The zero-order chi connectivity index (χ0) is 20.7. The number of anilines is 1. The first-order valence-electron chi connectivity index (χ1n) is 10.5. The van der Waals surface area contributed by atoms with E-state index in [1.54, 1.807) is 0 Å². The van der Waals surface area contributed by atoms with E-state index < -0.39 is 5.54 Å². The zero-order valence-corrected chi connectivity index (χ0v) is 17.1. The molecule has 30 heavy (non-hydrogen) atoms. The summed E-state index contributed by atoms with van der Waals surface area (Å²) in [6.07, 6.45) is 4.90. The second-order valence-electron chi connectivity index (χ2n) is 7.49. The molecule has 4 heteroatoms. The number of unbranched alkanes of at least 4 members (excludes halogenated alkanes) is 1. The summed E-state index contributed by atoms with van der Waals surface area (Å²) < 4.78 is 0. The Balaban J connectivity index is 1.87. The molecule has 0 saturated heterocycles. The fraction of sp³-hybridized carbons (Fsp3) is 0.192. The molecule has 3 aromatic carbocycles. The van der Waals surface area contributed by atoms with Crippen molar-refractivity contribution in [3.63, 3.8) is 0 Å². The van der Waals surface area contributed by atoms with Crippen molar-refractivity contribution in [2.75, 3.05) is 11.9 Å². The number of aromatic amines is 1. The molecular formula is C26H28N4. The van der Waals surface area contributed by atoms with Crippen LogP contribution in [0.2, 0.25) is 0 Å². The highest BCUT2D eigenvalue weighted by Gasteiger charge is 2.37. The molecule has 0 saturated carbocycles. The van der Waals surface area contributed by atoms with Crippen LogP contribution >= 0.6 is 0 Å². The van der Waals surface area contributed by atoms with E-state index in [1.807, 2.05) is 6.20 Å². The van der Waals surface area contributed by atoms with E-state index in [4.69, 9.17) is 5.73 Å². The highest BCUT2D eigenvalue weighted by molar-refractivity contribution is 5.59. The zero-order valence-electron chi connectivity index (χ0n) is 17.1. The number of nitrogens with one attached hydrogen (secondary N) is 2. The monoisotopic (exact) mass is 396 g/mol. The second kappa shape index (κ2) is 9.42. The van der Waals surface area contributed by atoms with Gasteiger partial charge in [0.1, 0.15) is 11.4 Å². The molecule has 4 N–H and O–H groups in total. The molecular weight excluding hydrogens is 368 g/mol. The van der Waals surface area contributed by atoms with Crippen molar-refractivity contribution in [1.29, 1.82) is 0 Å². The average molecular weight is 397 g/mol. The van der Waals surface area contributed by atoms with Gasteiger partial charge in [-0.3, -0.25) is 5.10 Å². The van der Waals surface area contributed by atoms with Gasteiger partial charge in [-0.05, 0) is 42.5 Å². The molecule has 1 aromatic heterocycles. The number of benzene rings is 3. The van der Waals surface area contributed by atoms with Crippen molar-refractivity contribution >= 4 is 5.82 Å². The van der Waals surface area contributed by atoms with E-state index in [-0.39, 0.29) is 0 Å². The Kier molecular flexibility index (Phi) is 6.26. The number of aromatic nitrogens is 2. The molecule has 1 heterocycles. The van der Waals surface area contributed by atoms with Crippen LogP contribution in [0.1, 0.15) is 35.1 Å². The molecule has 0 bridgehead atoms. The van der Waals surface area contributed by atoms with Crippen molar-refractivity contribution in [3.05, 3.63) is 119 Å². The summed E-state index contributed by atoms with van der Waals surface area (Å²) in [4.78, 5) is 0. The molecule has 0 aliphatic heterocycles. The summed E-state index contributed by atoms with van der Waals surface area (Å²) in [6.45, 7) is 0.711. The van der Waals surface area contributed by atoms with Crippen LogP contribution in [0, 0.1) is 0 Å². The molecule has 0 aliphatic rings. The first-order chi connectivity index (χ1) is 14.8. The van der Waals surface area contributed by atoms with Crippen LogP contribution in [0.15, 0.2) is 97.2 Å². The van der Waals surface area contributed by atoms with Crippen molar-refractivity contribution in [2.45, 2.75) is 24.8 Å². The van der Waals surface area contributed by atoms with Crippen LogP contribution in [0.3, 0.4) is 0 Å². The molecule has 4 aromatic rings. The Morgan fingerprint density at radius 3 is 1.70 bits per heavy atom. The molecule has 0 radical (unpaired) electrons. The third-order valence-corrected chi connectivity index (χ3v) is 5.55. The normalized spacial score (nSPS) is 11.4. The largest absolute Gasteiger partial charge is 0.353 e. The summed E-state index contributed by atoms with van der Waals surface area (Å²) in [5.74, 6) is 0.948. The lowest BCUT2D eigenvalue weighted by Gasteiger charge is -2.37. The maximum Gasteiger partial charge on any atom is 0.125 e. The average Bonchev–Trinajstić information content (AvgIpc) is 3.26. The van der Waals surface area contributed by atoms with Crippen LogP contribution in [0.4, 0.5) is 5.82 Å². The molecule has 0 unspecified atom stereocenters. The SMILES string of the molecule is NCCCCc1cn[nH]c1NC(c1ccccc1)(c1ccccc1)c1ccccc1. The molecule has 0 aliphatic carbocycles. The first kappa shape index (κ1) is 19.9. The summed E-state index contributed by atoms with van der Waals surface area (Å²) in [5.41, 5.74) is 9.83. The number of aryl methyl sites for hydroxylation is 1. The molecule has 0 amide bonds. The summed E-state index contributed by atoms with van der Waals surface area (Å²) in [5, 5.41) is 11.4. The van der Waals surface area contributed by atoms with Crippen LogP contribution in [0.25, 0.3) is 0 Å². The number of hydrogen-bond acceptors (Lipinski definition) is 3. The van der Waals surface area contributed by atoms with E-state index in [0.717, 1.165) is 25.1 Å². The topological polar surface area (TPSA) is 66.7 Å². The minimum atomic E-state index is -0.557. The smallest absolute Gasteiger partial charge is 0.125 e. The molecule has 0 atom stereocenters. The van der Waals surface area contributed by atoms with Crippen molar-refractivity contribution in [2.24, 2.45) is 5.73 Å². The minimum absolute atomic E-state index is 0.557. The Morgan fingerprint density at radius 1 is 0.733 bits per heavy atom. The molecule has 152 valence electrons. The fourth-order valence-electron chi connectivity index (χ4n) is 4.04. The second-order valence-corrected chi connectivity index (χ2v) is 7.49. The highest BCUT2D eigenvalue weighted by Crippen LogP contribution is 2.40. The van der Waals surface area contributed by atoms with Crippen LogP contribution < -0.4 is 11.1 Å². The van der Waals surface area contributed by atoms with Crippen LogP contribution in [-0.4, -0.2) is 16.7 Å². The number of H-pyrrole nitrogens is 1. The summed E-state index contributed by atoms with van der Waals surface area (Å²) >= 11 is 0. The molecule has 4 rings (SSSR count). The Labute approximate surface area is 178 Å². The van der Waals surface area contributed by atoms with E-state index in [0.29, 0.717) is 6.54 Å². The van der Waals surface area contributed by atoms with Crippen molar-refractivity contribution in [3.8, 4) is 0 Å². The van der Waals surface area contributed by atoms with Gasteiger partial charge in [0.05, 0.1) is 6.20 Å². The van der Waals surface area contributed by atoms with Gasteiger partial charge in [0.25, 0.3) is 0 Å². The minimum Gasteiger partial charge on any atom is -0.353 e. The predicted octanol–water partition coefficient (Wildman–Crippen LogP) is 5.10. The summed E-state index contributed by atoms with van der Waals surface area (Å²) in [7, 11) is 0. The molecule has 4 nitrogen and oxygen atoms in total. The molecule has 0 fully saturated rings. The van der Waals surface area contributed by atoms with Gasteiger partial charge in [-0.15, -0.1) is 0 Å². The molecule has 0 spiro atoms. The lowest BCUT2D eigenvalue weighted by molar-refractivity contribution is 0.699. The number of nitrogens with two attached hydrogens (primary N) is 1. The van der Waals surface area contributed by atoms with Crippen LogP contribution in [-0.2, 0) is 12.0 Å². The van der Waals surface area contributed by atoms with Gasteiger partial charge in [-0.25, -0.2) is 0 Å². The van der Waals surface area contributed by atoms with Gasteiger partial charge in [0.15, 0.2) is 0 Å².